The molecule has 0 rings (SSSR count). The molecule has 0 fully saturated rings. The van der Waals surface area contributed by atoms with Gasteiger partial charge in [-0.1, -0.05) is 248 Å². The van der Waals surface area contributed by atoms with E-state index in [-0.39, 0.29) is 37.5 Å². The van der Waals surface area contributed by atoms with Crippen LogP contribution in [-0.2, 0) is 28.6 Å². The van der Waals surface area contributed by atoms with Crippen molar-refractivity contribution < 1.29 is 28.6 Å². The zero-order valence-corrected chi connectivity index (χ0v) is 44.4. The lowest BCUT2D eigenvalue weighted by molar-refractivity contribution is -0.167. The molecule has 0 aromatic carbocycles. The van der Waals surface area contributed by atoms with Gasteiger partial charge >= 0.3 is 17.9 Å². The Morgan fingerprint density at radius 1 is 0.299 bits per heavy atom. The molecule has 0 radical (unpaired) electrons. The molecule has 0 aliphatic heterocycles. The van der Waals surface area contributed by atoms with Crippen molar-refractivity contribution in [3.63, 3.8) is 0 Å². The van der Waals surface area contributed by atoms with Crippen LogP contribution in [0.5, 0.6) is 0 Å². The lowest BCUT2D eigenvalue weighted by atomic mass is 10.0. The average molecular weight is 938 g/mol. The number of hydrogen-bond donors (Lipinski definition) is 0. The van der Waals surface area contributed by atoms with Crippen LogP contribution in [0.25, 0.3) is 0 Å². The number of rotatable bonds is 52. The smallest absolute Gasteiger partial charge is 0.306 e. The molecule has 0 spiro atoms. The summed E-state index contributed by atoms with van der Waals surface area (Å²) >= 11 is 0. The predicted molar refractivity (Wildman–Crippen MR) is 288 cm³/mol. The molecule has 0 aromatic rings. The minimum atomic E-state index is -0.799. The predicted octanol–water partition coefficient (Wildman–Crippen LogP) is 19.2. The van der Waals surface area contributed by atoms with Crippen LogP contribution in [0.4, 0.5) is 0 Å². The van der Waals surface area contributed by atoms with Crippen LogP contribution in [0, 0.1) is 0 Å². The number of ether oxygens (including phenoxy) is 3. The number of allylic oxidation sites excluding steroid dienone is 10. The minimum absolute atomic E-state index is 0.0919. The molecule has 67 heavy (non-hydrogen) atoms. The zero-order valence-electron chi connectivity index (χ0n) is 44.4. The van der Waals surface area contributed by atoms with Gasteiger partial charge in [-0.2, -0.15) is 0 Å². The summed E-state index contributed by atoms with van der Waals surface area (Å²) in [6, 6.07) is 0. The maximum Gasteiger partial charge on any atom is 0.306 e. The van der Waals surface area contributed by atoms with Gasteiger partial charge in [-0.3, -0.25) is 14.4 Å². The summed E-state index contributed by atoms with van der Waals surface area (Å²) in [7, 11) is 0. The Morgan fingerprint density at radius 3 is 0.940 bits per heavy atom. The minimum Gasteiger partial charge on any atom is -0.462 e. The number of carbonyl (C=O) groups is 3. The second-order valence-corrected chi connectivity index (χ2v) is 19.2. The van der Waals surface area contributed by atoms with Gasteiger partial charge in [0.25, 0.3) is 0 Å². The summed E-state index contributed by atoms with van der Waals surface area (Å²) in [6.07, 6.45) is 69.3. The summed E-state index contributed by atoms with van der Waals surface area (Å²) < 4.78 is 16.8. The molecule has 0 saturated carbocycles. The molecule has 1 atom stereocenters. The van der Waals surface area contributed by atoms with Gasteiger partial charge in [-0.25, -0.2) is 0 Å². The van der Waals surface area contributed by atoms with Gasteiger partial charge in [0.2, 0.25) is 0 Å². The van der Waals surface area contributed by atoms with Crippen LogP contribution in [0.15, 0.2) is 60.8 Å². The maximum atomic E-state index is 12.8. The van der Waals surface area contributed by atoms with E-state index < -0.39 is 6.10 Å². The van der Waals surface area contributed by atoms with E-state index in [0.717, 1.165) is 77.0 Å². The van der Waals surface area contributed by atoms with Crippen molar-refractivity contribution >= 4 is 17.9 Å². The standard InChI is InChI=1S/C61H108O6/c1-4-7-10-13-16-19-22-25-28-31-34-36-39-42-45-48-51-54-60(63)66-57-58(67-61(64)55-52-49-46-43-40-37-33-30-27-24-21-18-15-12-9-6-3)56-65-59(62)53-50-47-44-41-38-35-32-29-26-23-20-17-14-11-8-5-2/h16,19,25,28,30,33-34,36,42,45,58H,4-15,17-18,20-24,26-27,29,31-32,35,37-41,43-44,46-57H2,1-3H3/b19-16-,28-25-,33-30-,36-34-,45-42-/t58-/m1/s1. The first kappa shape index (κ1) is 64.1. The van der Waals surface area contributed by atoms with Gasteiger partial charge in [0, 0.05) is 19.3 Å². The van der Waals surface area contributed by atoms with Gasteiger partial charge < -0.3 is 14.2 Å². The molecule has 0 saturated heterocycles. The van der Waals surface area contributed by atoms with Crippen LogP contribution >= 0.6 is 0 Å². The van der Waals surface area contributed by atoms with E-state index in [1.807, 2.05) is 0 Å². The van der Waals surface area contributed by atoms with Gasteiger partial charge in [-0.05, 0) is 83.5 Å². The highest BCUT2D eigenvalue weighted by Crippen LogP contribution is 2.16. The molecule has 0 N–H and O–H groups in total. The van der Waals surface area contributed by atoms with Crippen LogP contribution in [0.3, 0.4) is 0 Å². The molecular weight excluding hydrogens is 829 g/mol. The van der Waals surface area contributed by atoms with Crippen LogP contribution in [0.1, 0.15) is 290 Å². The highest BCUT2D eigenvalue weighted by atomic mass is 16.6. The molecule has 0 aliphatic rings. The zero-order chi connectivity index (χ0) is 48.6. The van der Waals surface area contributed by atoms with Crippen molar-refractivity contribution in [2.75, 3.05) is 13.2 Å². The second kappa shape index (κ2) is 55.7. The van der Waals surface area contributed by atoms with E-state index in [0.29, 0.717) is 19.3 Å². The molecule has 0 bridgehead atoms. The first-order valence-electron chi connectivity index (χ1n) is 28.8. The first-order chi connectivity index (χ1) is 33.0. The summed E-state index contributed by atoms with van der Waals surface area (Å²) in [5.74, 6) is -0.947. The Hall–Kier alpha value is -2.89. The molecule has 0 aromatic heterocycles. The Kier molecular flexibility index (Phi) is 53.3. The normalized spacial score (nSPS) is 12.5. The van der Waals surface area contributed by atoms with Gasteiger partial charge in [0.15, 0.2) is 6.10 Å². The summed E-state index contributed by atoms with van der Waals surface area (Å²) in [5, 5.41) is 0. The van der Waals surface area contributed by atoms with E-state index in [4.69, 9.17) is 14.2 Å². The van der Waals surface area contributed by atoms with Crippen molar-refractivity contribution in [2.24, 2.45) is 0 Å². The fraction of sp³-hybridized carbons (Fsp3) is 0.787. The SMILES string of the molecule is CCCCC/C=C\C/C=C\C/C=C\C/C=C\CCCC(=O)OC[C@@H](COC(=O)CCCCCCCCCCCCCCCCCC)OC(=O)CCCCCCC/C=C\CCCCCCCCC. The third-order valence-electron chi connectivity index (χ3n) is 12.5. The topological polar surface area (TPSA) is 78.9 Å². The lowest BCUT2D eigenvalue weighted by Gasteiger charge is -2.18. The van der Waals surface area contributed by atoms with Gasteiger partial charge in [0.1, 0.15) is 13.2 Å². The molecule has 0 amide bonds. The molecule has 0 aliphatic carbocycles. The number of hydrogen-bond acceptors (Lipinski definition) is 6. The van der Waals surface area contributed by atoms with Crippen LogP contribution in [0.2, 0.25) is 0 Å². The van der Waals surface area contributed by atoms with Crippen molar-refractivity contribution in [3.05, 3.63) is 60.8 Å². The Bertz CT molecular complexity index is 1210. The molecule has 6 nitrogen and oxygen atoms in total. The van der Waals surface area contributed by atoms with Crippen LogP contribution < -0.4 is 0 Å². The number of carbonyl (C=O) groups excluding carboxylic acids is 3. The van der Waals surface area contributed by atoms with Gasteiger partial charge in [0.05, 0.1) is 0 Å². The quantitative estimate of drug-likeness (QED) is 0.0262. The fourth-order valence-electron chi connectivity index (χ4n) is 8.14. The average Bonchev–Trinajstić information content (AvgIpc) is 3.33. The van der Waals surface area contributed by atoms with E-state index >= 15 is 0 Å². The first-order valence-corrected chi connectivity index (χ1v) is 28.8. The summed E-state index contributed by atoms with van der Waals surface area (Å²) in [4.78, 5) is 38.1. The van der Waals surface area contributed by atoms with Crippen molar-refractivity contribution in [1.29, 1.82) is 0 Å². The van der Waals surface area contributed by atoms with Crippen LogP contribution in [-0.4, -0.2) is 37.2 Å². The van der Waals surface area contributed by atoms with Crippen molar-refractivity contribution in [1.82, 2.24) is 0 Å². The van der Waals surface area contributed by atoms with E-state index in [1.165, 1.54) is 167 Å². The molecule has 0 heterocycles. The third kappa shape index (κ3) is 53.9. The monoisotopic (exact) mass is 937 g/mol. The largest absolute Gasteiger partial charge is 0.462 e. The summed E-state index contributed by atoms with van der Waals surface area (Å²) in [5.41, 5.74) is 0. The number of unbranched alkanes of at least 4 members (excludes halogenated alkanes) is 31. The number of esters is 3. The Morgan fingerprint density at radius 2 is 0.552 bits per heavy atom. The third-order valence-corrected chi connectivity index (χ3v) is 12.5. The van der Waals surface area contributed by atoms with Crippen molar-refractivity contribution in [3.8, 4) is 0 Å². The highest BCUT2D eigenvalue weighted by molar-refractivity contribution is 5.71. The van der Waals surface area contributed by atoms with E-state index in [1.54, 1.807) is 0 Å². The molecular formula is C61H108O6. The molecule has 0 unspecified atom stereocenters. The second-order valence-electron chi connectivity index (χ2n) is 19.2. The molecule has 388 valence electrons. The Labute approximate surface area is 415 Å². The lowest BCUT2D eigenvalue weighted by Crippen LogP contribution is -2.30. The summed E-state index contributed by atoms with van der Waals surface area (Å²) in [6.45, 7) is 6.58. The maximum absolute atomic E-state index is 12.8. The Balaban J connectivity index is 4.45. The van der Waals surface area contributed by atoms with Gasteiger partial charge in [-0.15, -0.1) is 0 Å². The van der Waals surface area contributed by atoms with Crippen molar-refractivity contribution in [2.45, 2.75) is 297 Å². The van der Waals surface area contributed by atoms with E-state index in [2.05, 4.69) is 81.5 Å². The van der Waals surface area contributed by atoms with E-state index in [9.17, 15) is 14.4 Å². The highest BCUT2D eigenvalue weighted by Gasteiger charge is 2.19. The fourth-order valence-corrected chi connectivity index (χ4v) is 8.14. The molecule has 6 heteroatoms.